The van der Waals surface area contributed by atoms with E-state index in [4.69, 9.17) is 11.6 Å². The van der Waals surface area contributed by atoms with Gasteiger partial charge in [-0.05, 0) is 38.5 Å². The number of rotatable bonds is 5. The number of amides is 1. The summed E-state index contributed by atoms with van der Waals surface area (Å²) >= 11 is 6.16. The van der Waals surface area contributed by atoms with Crippen LogP contribution in [0.4, 0.5) is 11.8 Å². The number of nitrogens with zero attached hydrogens (tertiary/aromatic N) is 4. The van der Waals surface area contributed by atoms with Gasteiger partial charge in [-0.1, -0.05) is 18.5 Å². The minimum Gasteiger partial charge on any atom is -0.367 e. The molecule has 1 unspecified atom stereocenters. The molecule has 0 aliphatic rings. The van der Waals surface area contributed by atoms with Gasteiger partial charge in [0.15, 0.2) is 5.65 Å². The molecule has 1 amide bonds. The number of carbonyl (C=O) groups excluding carboxylic acids is 1. The third-order valence-corrected chi connectivity index (χ3v) is 4.03. The van der Waals surface area contributed by atoms with Crippen LogP contribution in [0.25, 0.3) is 5.65 Å². The average Bonchev–Trinajstić information content (AvgIpc) is 2.97. The van der Waals surface area contributed by atoms with Gasteiger partial charge in [-0.15, -0.1) is 5.10 Å². The van der Waals surface area contributed by atoms with Crippen LogP contribution in [0, 0.1) is 6.92 Å². The van der Waals surface area contributed by atoms with Crippen LogP contribution in [0.15, 0.2) is 30.5 Å². The summed E-state index contributed by atoms with van der Waals surface area (Å²) in [6, 6.07) is 7.22. The third-order valence-electron chi connectivity index (χ3n) is 3.81. The summed E-state index contributed by atoms with van der Waals surface area (Å²) in [6.07, 6.45) is 2.47. The Balaban J connectivity index is 1.89. The summed E-state index contributed by atoms with van der Waals surface area (Å²) in [5.41, 5.74) is 1.84. The summed E-state index contributed by atoms with van der Waals surface area (Å²) in [4.78, 5) is 20.7. The molecule has 3 rings (SSSR count). The maximum atomic E-state index is 12.3. The van der Waals surface area contributed by atoms with Crippen molar-refractivity contribution in [2.24, 2.45) is 0 Å². The Hall–Kier alpha value is -2.67. The molecule has 130 valence electrons. The first kappa shape index (κ1) is 17.2. The van der Waals surface area contributed by atoms with Crippen molar-refractivity contribution in [3.05, 3.63) is 46.7 Å². The first-order chi connectivity index (χ1) is 12.0. The van der Waals surface area contributed by atoms with Crippen molar-refractivity contribution in [1.82, 2.24) is 19.6 Å². The van der Waals surface area contributed by atoms with Gasteiger partial charge in [0.05, 0.1) is 5.56 Å². The van der Waals surface area contributed by atoms with E-state index in [0.29, 0.717) is 16.2 Å². The van der Waals surface area contributed by atoms with E-state index < -0.39 is 0 Å². The van der Waals surface area contributed by atoms with Crippen molar-refractivity contribution in [3.63, 3.8) is 0 Å². The van der Waals surface area contributed by atoms with E-state index in [0.717, 1.165) is 17.9 Å². The average molecular weight is 359 g/mol. The fourth-order valence-electron chi connectivity index (χ4n) is 2.24. The number of carbonyl (C=O) groups is 1. The Morgan fingerprint density at radius 1 is 1.36 bits per heavy atom. The molecule has 3 aromatic heterocycles. The molecular formula is C17H19ClN6O. The van der Waals surface area contributed by atoms with Gasteiger partial charge in [-0.3, -0.25) is 15.1 Å². The van der Waals surface area contributed by atoms with Crippen LogP contribution in [0.5, 0.6) is 0 Å². The normalized spacial score (nSPS) is 12.2. The van der Waals surface area contributed by atoms with Crippen LogP contribution in [0.2, 0.25) is 5.02 Å². The van der Waals surface area contributed by atoms with Crippen molar-refractivity contribution in [1.29, 1.82) is 0 Å². The van der Waals surface area contributed by atoms with Crippen molar-refractivity contribution >= 4 is 34.9 Å². The molecule has 3 aromatic rings. The molecule has 0 aromatic carbocycles. The van der Waals surface area contributed by atoms with Crippen molar-refractivity contribution < 1.29 is 4.79 Å². The quantitative estimate of drug-likeness (QED) is 0.728. The molecule has 0 bridgehead atoms. The minimum absolute atomic E-state index is 0.208. The molecular weight excluding hydrogens is 340 g/mol. The lowest BCUT2D eigenvalue weighted by Crippen LogP contribution is -2.16. The van der Waals surface area contributed by atoms with Gasteiger partial charge in [-0.2, -0.15) is 9.50 Å². The van der Waals surface area contributed by atoms with Crippen molar-refractivity contribution in [2.45, 2.75) is 33.2 Å². The summed E-state index contributed by atoms with van der Waals surface area (Å²) in [5, 5.41) is 10.9. The zero-order valence-electron chi connectivity index (χ0n) is 14.2. The highest BCUT2D eigenvalue weighted by atomic mass is 35.5. The van der Waals surface area contributed by atoms with E-state index in [9.17, 15) is 4.79 Å². The van der Waals surface area contributed by atoms with E-state index >= 15 is 0 Å². The van der Waals surface area contributed by atoms with E-state index in [1.807, 2.05) is 6.92 Å². The maximum Gasteiger partial charge on any atom is 0.259 e. The third kappa shape index (κ3) is 3.88. The standard InChI is InChI=1S/C17H19ClN6O/c1-4-10(2)20-14-7-13(18)8-15-21-17(23-24(14)15)22-16(25)12-6-5-11(3)19-9-12/h5-10,20H,4H2,1-3H3,(H,22,23,25). The minimum atomic E-state index is -0.314. The lowest BCUT2D eigenvalue weighted by Gasteiger charge is -2.13. The molecule has 0 saturated carbocycles. The molecule has 1 atom stereocenters. The molecule has 3 heterocycles. The summed E-state index contributed by atoms with van der Waals surface area (Å²) in [6.45, 7) is 6.01. The van der Waals surface area contributed by atoms with Gasteiger partial charge in [-0.25, -0.2) is 0 Å². The van der Waals surface area contributed by atoms with Crippen LogP contribution in [0.1, 0.15) is 36.3 Å². The van der Waals surface area contributed by atoms with E-state index in [1.54, 1.807) is 28.8 Å². The van der Waals surface area contributed by atoms with Gasteiger partial charge < -0.3 is 5.32 Å². The second kappa shape index (κ2) is 7.06. The highest BCUT2D eigenvalue weighted by Gasteiger charge is 2.14. The predicted octanol–water partition coefficient (Wildman–Crippen LogP) is 3.55. The monoisotopic (exact) mass is 358 g/mol. The highest BCUT2D eigenvalue weighted by Crippen LogP contribution is 2.21. The number of anilines is 2. The number of hydrogen-bond donors (Lipinski definition) is 2. The molecule has 0 saturated heterocycles. The highest BCUT2D eigenvalue weighted by molar-refractivity contribution is 6.31. The molecule has 25 heavy (non-hydrogen) atoms. The lowest BCUT2D eigenvalue weighted by molar-refractivity contribution is 0.102. The lowest BCUT2D eigenvalue weighted by atomic mass is 10.2. The SMILES string of the molecule is CCC(C)Nc1cc(Cl)cc2nc(NC(=O)c3ccc(C)nc3)nn12. The molecule has 0 aliphatic heterocycles. The molecule has 8 heteroatoms. The summed E-state index contributed by atoms with van der Waals surface area (Å²) in [5.74, 6) is 0.618. The molecule has 0 fully saturated rings. The zero-order valence-corrected chi connectivity index (χ0v) is 15.0. The smallest absolute Gasteiger partial charge is 0.259 e. The van der Waals surface area contributed by atoms with Gasteiger partial charge >= 0.3 is 0 Å². The van der Waals surface area contributed by atoms with E-state index in [1.165, 1.54) is 6.20 Å². The fourth-order valence-corrected chi connectivity index (χ4v) is 2.44. The molecule has 0 aliphatic carbocycles. The summed E-state index contributed by atoms with van der Waals surface area (Å²) in [7, 11) is 0. The number of halogens is 1. The molecule has 0 spiro atoms. The fraction of sp³-hybridized carbons (Fsp3) is 0.294. The summed E-state index contributed by atoms with van der Waals surface area (Å²) < 4.78 is 1.63. The topological polar surface area (TPSA) is 84.2 Å². The molecule has 7 nitrogen and oxygen atoms in total. The second-order valence-electron chi connectivity index (χ2n) is 5.86. The van der Waals surface area contributed by atoms with Crippen LogP contribution in [-0.2, 0) is 0 Å². The van der Waals surface area contributed by atoms with Crippen LogP contribution >= 0.6 is 11.6 Å². The number of aryl methyl sites for hydroxylation is 1. The Bertz CT molecular complexity index is 905. The number of pyridine rings is 2. The first-order valence-electron chi connectivity index (χ1n) is 8.03. The Morgan fingerprint density at radius 3 is 2.84 bits per heavy atom. The maximum absolute atomic E-state index is 12.3. The Labute approximate surface area is 150 Å². The van der Waals surface area contributed by atoms with Crippen molar-refractivity contribution in [2.75, 3.05) is 10.6 Å². The molecule has 0 radical (unpaired) electrons. The Kier molecular flexibility index (Phi) is 4.85. The van der Waals surface area contributed by atoms with Gasteiger partial charge in [0.25, 0.3) is 5.91 Å². The predicted molar refractivity (Wildman–Crippen MR) is 98.3 cm³/mol. The number of nitrogens with one attached hydrogen (secondary N) is 2. The van der Waals surface area contributed by atoms with Crippen molar-refractivity contribution in [3.8, 4) is 0 Å². The molecule has 2 N–H and O–H groups in total. The van der Waals surface area contributed by atoms with Gasteiger partial charge in [0, 0.05) is 29.0 Å². The van der Waals surface area contributed by atoms with Crippen LogP contribution in [-0.4, -0.2) is 31.5 Å². The first-order valence-corrected chi connectivity index (χ1v) is 8.41. The second-order valence-corrected chi connectivity index (χ2v) is 6.30. The largest absolute Gasteiger partial charge is 0.367 e. The number of aromatic nitrogens is 4. The number of fused-ring (bicyclic) bond motifs is 1. The van der Waals surface area contributed by atoms with E-state index in [2.05, 4.69) is 39.5 Å². The van der Waals surface area contributed by atoms with Crippen LogP contribution < -0.4 is 10.6 Å². The number of hydrogen-bond acceptors (Lipinski definition) is 5. The van der Waals surface area contributed by atoms with Gasteiger partial charge in [0.1, 0.15) is 5.82 Å². The van der Waals surface area contributed by atoms with Gasteiger partial charge in [0.2, 0.25) is 5.95 Å². The van der Waals surface area contributed by atoms with E-state index in [-0.39, 0.29) is 17.9 Å². The van der Waals surface area contributed by atoms with Crippen LogP contribution in [0.3, 0.4) is 0 Å². The Morgan fingerprint density at radius 2 is 2.16 bits per heavy atom. The zero-order chi connectivity index (χ0) is 18.0.